The summed E-state index contributed by atoms with van der Waals surface area (Å²) in [5.74, 6) is -1.38. The molecule has 3 aromatic carbocycles. The van der Waals surface area contributed by atoms with Crippen LogP contribution in [0.15, 0.2) is 90.1 Å². The van der Waals surface area contributed by atoms with Crippen molar-refractivity contribution >= 4 is 29.5 Å². The normalized spacial score (nSPS) is 18.3. The minimum absolute atomic E-state index is 0.00792. The lowest BCUT2D eigenvalue weighted by Gasteiger charge is -2.49. The van der Waals surface area contributed by atoms with Gasteiger partial charge in [0.2, 0.25) is 0 Å². The smallest absolute Gasteiger partial charge is 0.356 e. The number of hydrogen-bond donors (Lipinski definition) is 4. The molecule has 0 bridgehead atoms. The summed E-state index contributed by atoms with van der Waals surface area (Å²) in [4.78, 5) is 41.4. The van der Waals surface area contributed by atoms with Crippen LogP contribution in [-0.4, -0.2) is 56.7 Å². The van der Waals surface area contributed by atoms with Gasteiger partial charge >= 0.3 is 5.97 Å². The van der Waals surface area contributed by atoms with Crippen molar-refractivity contribution in [2.45, 2.75) is 30.7 Å². The number of benzene rings is 3. The molecule has 2 aliphatic heterocycles. The lowest BCUT2D eigenvalue weighted by atomic mass is 9.99. The number of aliphatic hydroxyl groups excluding tert-OH is 2. The average molecular weight is 560 g/mol. The third kappa shape index (κ3) is 5.26. The van der Waals surface area contributed by atoms with Gasteiger partial charge in [0, 0.05) is 17.9 Å². The first-order valence-corrected chi connectivity index (χ1v) is 13.8. The molecule has 2 heterocycles. The third-order valence-corrected chi connectivity index (χ3v) is 8.30. The summed E-state index contributed by atoms with van der Waals surface area (Å²) in [5, 5.41) is 21.7. The van der Waals surface area contributed by atoms with Gasteiger partial charge < -0.3 is 26.0 Å². The molecule has 0 unspecified atom stereocenters. The fraction of sp³-hybridized carbons (Fsp3) is 0.233. The maximum absolute atomic E-state index is 13.6. The van der Waals surface area contributed by atoms with Gasteiger partial charge in [0.25, 0.3) is 11.8 Å². The van der Waals surface area contributed by atoms with E-state index < -0.39 is 41.9 Å². The highest BCUT2D eigenvalue weighted by Gasteiger charge is 2.54. The number of ether oxygens (including phenoxy) is 1. The Hall–Kier alpha value is -3.96. The molecule has 5 N–H and O–H groups in total. The minimum Gasteiger partial charge on any atom is -0.448 e. The van der Waals surface area contributed by atoms with Crippen molar-refractivity contribution < 1.29 is 29.3 Å². The van der Waals surface area contributed by atoms with Crippen molar-refractivity contribution in [1.29, 1.82) is 0 Å². The number of esters is 1. The Morgan fingerprint density at radius 3 is 2.23 bits per heavy atom. The van der Waals surface area contributed by atoms with Gasteiger partial charge in [-0.1, -0.05) is 72.8 Å². The summed E-state index contributed by atoms with van der Waals surface area (Å²) >= 11 is 1.35. The van der Waals surface area contributed by atoms with Crippen molar-refractivity contribution in [3.63, 3.8) is 0 Å². The van der Waals surface area contributed by atoms with E-state index >= 15 is 0 Å². The summed E-state index contributed by atoms with van der Waals surface area (Å²) in [5.41, 5.74) is 9.20. The molecular weight excluding hydrogens is 530 g/mol. The molecule has 0 radical (unpaired) electrons. The van der Waals surface area contributed by atoms with E-state index in [1.54, 1.807) is 18.2 Å². The van der Waals surface area contributed by atoms with Gasteiger partial charge in [-0.2, -0.15) is 0 Å². The van der Waals surface area contributed by atoms with E-state index in [1.807, 2.05) is 60.7 Å². The van der Waals surface area contributed by atoms with Gasteiger partial charge in [0.05, 0.1) is 13.2 Å². The summed E-state index contributed by atoms with van der Waals surface area (Å²) in [7, 11) is 0. The van der Waals surface area contributed by atoms with E-state index in [4.69, 9.17) is 10.5 Å². The number of thioether (sulfide) groups is 1. The van der Waals surface area contributed by atoms with E-state index in [2.05, 4.69) is 5.32 Å². The number of nitrogens with one attached hydrogen (secondary N) is 1. The first kappa shape index (κ1) is 27.6. The molecule has 1 fully saturated rings. The predicted octanol–water partition coefficient (Wildman–Crippen LogP) is 2.23. The van der Waals surface area contributed by atoms with Gasteiger partial charge in [-0.15, -0.1) is 11.8 Å². The molecule has 0 aromatic heterocycles. The van der Waals surface area contributed by atoms with Crippen molar-refractivity contribution in [3.05, 3.63) is 118 Å². The van der Waals surface area contributed by atoms with Gasteiger partial charge in [-0.3, -0.25) is 14.5 Å². The van der Waals surface area contributed by atoms with Crippen LogP contribution in [-0.2, 0) is 27.5 Å². The molecule has 0 saturated carbocycles. The molecule has 40 heavy (non-hydrogen) atoms. The molecule has 2 atom stereocenters. The van der Waals surface area contributed by atoms with E-state index in [0.29, 0.717) is 28.0 Å². The highest BCUT2D eigenvalue weighted by molar-refractivity contribution is 8.00. The highest BCUT2D eigenvalue weighted by Crippen LogP contribution is 2.41. The molecule has 9 nitrogen and oxygen atoms in total. The Bertz CT molecular complexity index is 1410. The number of amides is 2. The third-order valence-electron chi connectivity index (χ3n) is 6.96. The molecule has 0 aliphatic carbocycles. The maximum atomic E-state index is 13.6. The van der Waals surface area contributed by atoms with Gasteiger partial charge in [0.1, 0.15) is 17.1 Å². The van der Waals surface area contributed by atoms with Crippen molar-refractivity contribution in [3.8, 4) is 0 Å². The molecule has 3 aromatic rings. The minimum atomic E-state index is -0.872. The van der Waals surface area contributed by atoms with Gasteiger partial charge in [-0.25, -0.2) is 4.79 Å². The molecular formula is C30H29N3O6S. The monoisotopic (exact) mass is 559 g/mol. The predicted molar refractivity (Wildman–Crippen MR) is 150 cm³/mol. The number of carbonyl (C=O) groups excluding carboxylic acids is 3. The van der Waals surface area contributed by atoms with Crippen molar-refractivity contribution in [2.75, 3.05) is 12.4 Å². The van der Waals surface area contributed by atoms with Crippen LogP contribution in [0.3, 0.4) is 0 Å². The second-order valence-electron chi connectivity index (χ2n) is 9.43. The van der Waals surface area contributed by atoms with Gasteiger partial charge in [0.15, 0.2) is 6.10 Å². The fourth-order valence-electron chi connectivity index (χ4n) is 4.90. The number of aliphatic hydroxyl groups is 2. The summed E-state index contributed by atoms with van der Waals surface area (Å²) in [6.45, 7) is -0.511. The topological polar surface area (TPSA) is 142 Å². The van der Waals surface area contributed by atoms with E-state index in [9.17, 15) is 24.6 Å². The van der Waals surface area contributed by atoms with E-state index in [1.165, 1.54) is 16.7 Å². The van der Waals surface area contributed by atoms with Gasteiger partial charge in [-0.05, 0) is 33.9 Å². The number of hydrogen-bond acceptors (Lipinski definition) is 8. The average Bonchev–Trinajstić information content (AvgIpc) is 3.01. The standard InChI is InChI=1S/C30H29N3O6S/c31-14-21-13-18(15-34)11-12-23(21)27(36)32-24-28(37)33-25(22(16-35)17-40-29(24)33)30(38)39-26(19-7-3-1-4-8-19)20-9-5-2-6-10-20/h1-13,24,26,29,34-35H,14-17,31H2,(H,32,36)/t24-,29-/m0/s1. The molecule has 206 valence electrons. The van der Waals surface area contributed by atoms with Crippen LogP contribution in [0.25, 0.3) is 0 Å². The number of rotatable bonds is 9. The van der Waals surface area contributed by atoms with Crippen LogP contribution in [0.1, 0.15) is 38.7 Å². The first-order valence-electron chi connectivity index (χ1n) is 12.8. The number of fused-ring (bicyclic) bond motifs is 1. The Labute approximate surface area is 235 Å². The van der Waals surface area contributed by atoms with Crippen LogP contribution in [0.5, 0.6) is 0 Å². The largest absolute Gasteiger partial charge is 0.448 e. The zero-order valence-electron chi connectivity index (χ0n) is 21.5. The Morgan fingerprint density at radius 2 is 1.65 bits per heavy atom. The van der Waals surface area contributed by atoms with Crippen LogP contribution < -0.4 is 11.1 Å². The zero-order chi connectivity index (χ0) is 28.2. The highest BCUT2D eigenvalue weighted by atomic mass is 32.2. The Balaban J connectivity index is 1.37. The van der Waals surface area contributed by atoms with E-state index in [0.717, 1.165) is 11.1 Å². The molecule has 2 amide bonds. The number of β-lactam (4-membered cyclic amide) rings is 1. The molecule has 5 rings (SSSR count). The second kappa shape index (κ2) is 12.1. The number of nitrogens with two attached hydrogens (primary N) is 1. The van der Waals surface area contributed by atoms with Crippen molar-refractivity contribution in [1.82, 2.24) is 10.2 Å². The Morgan fingerprint density at radius 1 is 1.00 bits per heavy atom. The quantitative estimate of drug-likeness (QED) is 0.231. The molecule has 10 heteroatoms. The van der Waals surface area contributed by atoms with E-state index in [-0.39, 0.29) is 18.8 Å². The van der Waals surface area contributed by atoms with Crippen LogP contribution in [0.2, 0.25) is 0 Å². The lowest BCUT2D eigenvalue weighted by molar-refractivity contribution is -0.153. The number of nitrogens with zero attached hydrogens (tertiary/aromatic N) is 1. The summed E-state index contributed by atoms with van der Waals surface area (Å²) < 4.78 is 6.00. The molecule has 2 aliphatic rings. The summed E-state index contributed by atoms with van der Waals surface area (Å²) in [6.07, 6.45) is -0.723. The van der Waals surface area contributed by atoms with Crippen LogP contribution in [0.4, 0.5) is 0 Å². The maximum Gasteiger partial charge on any atom is 0.356 e. The fourth-order valence-corrected chi connectivity index (χ4v) is 6.23. The molecule has 0 spiro atoms. The number of carbonyl (C=O) groups is 3. The summed E-state index contributed by atoms with van der Waals surface area (Å²) in [6, 6.07) is 22.5. The lowest BCUT2D eigenvalue weighted by Crippen LogP contribution is -2.70. The zero-order valence-corrected chi connectivity index (χ0v) is 22.3. The van der Waals surface area contributed by atoms with Crippen LogP contribution >= 0.6 is 11.8 Å². The van der Waals surface area contributed by atoms with Crippen molar-refractivity contribution in [2.24, 2.45) is 5.73 Å². The second-order valence-corrected chi connectivity index (χ2v) is 10.5. The van der Waals surface area contributed by atoms with Crippen LogP contribution in [0, 0.1) is 0 Å². The Kier molecular flexibility index (Phi) is 8.32. The molecule has 1 saturated heterocycles. The first-order chi connectivity index (χ1) is 19.5. The SMILES string of the molecule is NCc1cc(CO)ccc1C(=O)N[C@H]1C(=O)N2C(C(=O)OC(c3ccccc3)c3ccccc3)=C(CO)CS[C@@H]12.